The Balaban J connectivity index is 0.850. The number of hydrogen-bond acceptors (Lipinski definition) is 9. The van der Waals surface area contributed by atoms with Gasteiger partial charge in [0.2, 0.25) is 5.91 Å². The van der Waals surface area contributed by atoms with Crippen molar-refractivity contribution in [3.05, 3.63) is 71.4 Å². The molecule has 3 aromatic rings. The highest BCUT2D eigenvalue weighted by Crippen LogP contribution is 2.30. The highest BCUT2D eigenvalue weighted by molar-refractivity contribution is 6.06. The van der Waals surface area contributed by atoms with E-state index in [-0.39, 0.29) is 18.0 Å². The third-order valence-electron chi connectivity index (χ3n) is 10.6. The molecule has 0 aliphatic carbocycles. The lowest BCUT2D eigenvalue weighted by molar-refractivity contribution is -0.120. The Kier molecular flexibility index (Phi) is 10.3. The number of pyridine rings is 1. The van der Waals surface area contributed by atoms with Crippen molar-refractivity contribution in [1.82, 2.24) is 20.1 Å². The Labute approximate surface area is 307 Å². The molecule has 7 rings (SSSR count). The minimum Gasteiger partial charge on any atom is -0.444 e. The zero-order chi connectivity index (χ0) is 36.4. The molecule has 4 aliphatic heterocycles. The van der Waals surface area contributed by atoms with Gasteiger partial charge in [-0.2, -0.15) is 0 Å². The molecule has 12 nitrogen and oxygen atoms in total. The number of aromatic nitrogens is 1. The molecule has 2 aromatic carbocycles. The molecule has 0 radical (unpaired) electrons. The second-order valence-corrected chi connectivity index (χ2v) is 15.6. The number of carbonyl (C=O) groups is 3. The second kappa shape index (κ2) is 15.0. The number of piperidine rings is 1. The van der Waals surface area contributed by atoms with Gasteiger partial charge >= 0.3 is 12.1 Å². The Morgan fingerprint density at radius 3 is 2.27 bits per heavy atom. The van der Waals surface area contributed by atoms with E-state index < -0.39 is 5.60 Å². The number of nitrogens with one attached hydrogen (secondary N) is 2. The fraction of sp³-hybridized carbons (Fsp3) is 0.500. The Bertz CT molecular complexity index is 1770. The lowest BCUT2D eigenvalue weighted by atomic mass is 9.95. The fourth-order valence-corrected chi connectivity index (χ4v) is 7.75. The van der Waals surface area contributed by atoms with Gasteiger partial charge in [-0.25, -0.2) is 14.6 Å². The predicted molar refractivity (Wildman–Crippen MR) is 205 cm³/mol. The summed E-state index contributed by atoms with van der Waals surface area (Å²) in [5.74, 6) is 1.26. The first kappa shape index (κ1) is 35.6. The quantitative estimate of drug-likeness (QED) is 0.309. The summed E-state index contributed by atoms with van der Waals surface area (Å²) in [6.45, 7) is 16.6. The maximum absolute atomic E-state index is 12.6. The molecule has 0 unspecified atom stereocenters. The summed E-state index contributed by atoms with van der Waals surface area (Å²) in [7, 11) is 0. The van der Waals surface area contributed by atoms with Gasteiger partial charge in [-0.3, -0.25) is 19.9 Å². The van der Waals surface area contributed by atoms with Gasteiger partial charge in [0.25, 0.3) is 0 Å². The normalized spacial score (nSPS) is 19.0. The summed E-state index contributed by atoms with van der Waals surface area (Å²) < 4.78 is 5.59. The molecule has 2 N–H and O–H groups in total. The molecule has 0 atom stereocenters. The molecule has 3 fully saturated rings. The van der Waals surface area contributed by atoms with Crippen molar-refractivity contribution in [3.8, 4) is 0 Å². The highest BCUT2D eigenvalue weighted by Gasteiger charge is 2.28. The number of piperazine rings is 1. The zero-order valence-corrected chi connectivity index (χ0v) is 31.0. The summed E-state index contributed by atoms with van der Waals surface area (Å²) >= 11 is 0. The van der Waals surface area contributed by atoms with Gasteiger partial charge in [0, 0.05) is 101 Å². The van der Waals surface area contributed by atoms with Gasteiger partial charge in [0.05, 0.1) is 0 Å². The smallest absolute Gasteiger partial charge is 0.410 e. The van der Waals surface area contributed by atoms with E-state index in [1.807, 2.05) is 46.0 Å². The van der Waals surface area contributed by atoms with E-state index in [2.05, 4.69) is 66.7 Å². The van der Waals surface area contributed by atoms with Crippen LogP contribution in [0.5, 0.6) is 0 Å². The molecule has 5 heterocycles. The van der Waals surface area contributed by atoms with Gasteiger partial charge in [0.1, 0.15) is 11.4 Å². The number of ether oxygens (including phenoxy) is 1. The van der Waals surface area contributed by atoms with Crippen molar-refractivity contribution in [2.24, 2.45) is 5.92 Å². The predicted octanol–water partition coefficient (Wildman–Crippen LogP) is 5.91. The molecule has 276 valence electrons. The van der Waals surface area contributed by atoms with Gasteiger partial charge in [-0.05, 0) is 118 Å². The summed E-state index contributed by atoms with van der Waals surface area (Å²) in [5.41, 5.74) is 7.10. The number of amides is 4. The van der Waals surface area contributed by atoms with E-state index in [1.54, 1.807) is 9.80 Å². The first-order chi connectivity index (χ1) is 25.0. The lowest BCUT2D eigenvalue weighted by Gasteiger charge is -2.40. The van der Waals surface area contributed by atoms with E-state index in [0.29, 0.717) is 32.0 Å². The number of imide groups is 1. The minimum absolute atomic E-state index is 0.212. The topological polar surface area (TPSA) is 114 Å². The third kappa shape index (κ3) is 8.44. The van der Waals surface area contributed by atoms with Crippen LogP contribution in [0.4, 0.5) is 38.2 Å². The molecular formula is C40H52N8O4. The summed E-state index contributed by atoms with van der Waals surface area (Å²) in [6.07, 6.45) is 5.13. The molecule has 0 spiro atoms. The summed E-state index contributed by atoms with van der Waals surface area (Å²) in [5, 5.41) is 5.87. The van der Waals surface area contributed by atoms with E-state index in [9.17, 15) is 14.4 Å². The number of fused-ring (bicyclic) bond motifs is 1. The SMILES string of the molecule is Cc1cc(N2CCN(CC3CCN(c4ccc(Nc5cc6c(cn5)CCN(C(=O)OC(C)(C)C)C6)cc4)CC3)CC2)ccc1N1CCC(=O)NC1=O. The van der Waals surface area contributed by atoms with Crippen LogP contribution in [0.3, 0.4) is 0 Å². The van der Waals surface area contributed by atoms with Crippen LogP contribution in [-0.4, -0.2) is 97.3 Å². The van der Waals surface area contributed by atoms with Crippen LogP contribution in [0.15, 0.2) is 54.7 Å². The van der Waals surface area contributed by atoms with Crippen LogP contribution in [0.1, 0.15) is 56.7 Å². The van der Waals surface area contributed by atoms with Gasteiger partial charge in [-0.1, -0.05) is 0 Å². The standard InChI is InChI=1S/C40H52N8O4/c1-28-23-34(9-10-35(28)48-18-14-37(49)43-38(48)50)46-21-19-44(20-22-46)26-29-11-15-45(16-12-29)33-7-5-32(6-8-33)42-36-24-31-27-47(17-13-30(31)25-41-36)39(51)52-40(2,3)4/h5-10,23-25,29H,11-22,26-27H2,1-4H3,(H,41,42)(H,43,49,50). The summed E-state index contributed by atoms with van der Waals surface area (Å²) in [4.78, 5) is 52.2. The Morgan fingerprint density at radius 1 is 0.865 bits per heavy atom. The number of benzene rings is 2. The average molecular weight is 709 g/mol. The Morgan fingerprint density at radius 2 is 1.58 bits per heavy atom. The van der Waals surface area contributed by atoms with Crippen LogP contribution < -0.4 is 25.3 Å². The van der Waals surface area contributed by atoms with Crippen LogP contribution in [0.2, 0.25) is 0 Å². The van der Waals surface area contributed by atoms with Crippen molar-refractivity contribution in [2.75, 3.05) is 78.9 Å². The maximum atomic E-state index is 12.6. The van der Waals surface area contributed by atoms with Crippen molar-refractivity contribution in [2.45, 2.75) is 65.5 Å². The number of hydrogen-bond donors (Lipinski definition) is 2. The first-order valence-corrected chi connectivity index (χ1v) is 18.7. The molecule has 0 bridgehead atoms. The van der Waals surface area contributed by atoms with Crippen LogP contribution in [0.25, 0.3) is 0 Å². The minimum atomic E-state index is -0.514. The van der Waals surface area contributed by atoms with E-state index in [4.69, 9.17) is 4.74 Å². The van der Waals surface area contributed by atoms with Gasteiger partial charge in [0.15, 0.2) is 0 Å². The highest BCUT2D eigenvalue weighted by atomic mass is 16.6. The van der Waals surface area contributed by atoms with Crippen LogP contribution >= 0.6 is 0 Å². The largest absolute Gasteiger partial charge is 0.444 e. The number of nitrogens with zero attached hydrogens (tertiary/aromatic N) is 6. The molecule has 0 saturated carbocycles. The zero-order valence-electron chi connectivity index (χ0n) is 31.0. The van der Waals surface area contributed by atoms with E-state index in [0.717, 1.165) is 80.6 Å². The number of rotatable bonds is 7. The fourth-order valence-electron chi connectivity index (χ4n) is 7.75. The number of carbonyl (C=O) groups excluding carboxylic acids is 3. The molecule has 4 amide bonds. The van der Waals surface area contributed by atoms with Crippen molar-refractivity contribution < 1.29 is 19.1 Å². The van der Waals surface area contributed by atoms with Crippen LogP contribution in [-0.2, 0) is 22.5 Å². The summed E-state index contributed by atoms with van der Waals surface area (Å²) in [6, 6.07) is 16.6. The maximum Gasteiger partial charge on any atom is 0.410 e. The average Bonchev–Trinajstić information content (AvgIpc) is 3.12. The molecule has 12 heteroatoms. The molecular weight excluding hydrogens is 656 g/mol. The second-order valence-electron chi connectivity index (χ2n) is 15.6. The van der Waals surface area contributed by atoms with Crippen molar-refractivity contribution >= 4 is 46.6 Å². The Hall–Kier alpha value is -4.84. The number of urea groups is 1. The molecule has 52 heavy (non-hydrogen) atoms. The van der Waals surface area contributed by atoms with Gasteiger partial charge in [-0.15, -0.1) is 0 Å². The van der Waals surface area contributed by atoms with Gasteiger partial charge < -0.3 is 24.8 Å². The van der Waals surface area contributed by atoms with E-state index >= 15 is 0 Å². The first-order valence-electron chi connectivity index (χ1n) is 18.7. The monoisotopic (exact) mass is 708 g/mol. The van der Waals surface area contributed by atoms with E-state index in [1.165, 1.54) is 29.8 Å². The molecule has 3 saturated heterocycles. The number of anilines is 5. The van der Waals surface area contributed by atoms with Crippen LogP contribution in [0, 0.1) is 12.8 Å². The van der Waals surface area contributed by atoms with Crippen molar-refractivity contribution in [3.63, 3.8) is 0 Å². The lowest BCUT2D eigenvalue weighted by Crippen LogP contribution is -2.50. The third-order valence-corrected chi connectivity index (χ3v) is 10.6. The van der Waals surface area contributed by atoms with Crippen molar-refractivity contribution in [1.29, 1.82) is 0 Å². The number of aryl methyl sites for hydroxylation is 1. The molecule has 1 aromatic heterocycles. The molecule has 4 aliphatic rings.